The van der Waals surface area contributed by atoms with E-state index in [9.17, 15) is 0 Å². The summed E-state index contributed by atoms with van der Waals surface area (Å²) in [6, 6.07) is 49.6. The van der Waals surface area contributed by atoms with Crippen molar-refractivity contribution in [3.05, 3.63) is 150 Å². The standard InChI is InChI=1S/C39H24BrN3O/c40-31-17-8-15-29(24-31)27-13-6-12-26(22-27)28-14-7-16-30(23-28)38-41-37(25-10-2-1-3-11-25)42-39(43-38)34-20-9-19-33-32-18-4-5-21-35(32)44-36(33)34/h1-24H. The lowest BCUT2D eigenvalue weighted by Gasteiger charge is -2.10. The van der Waals surface area contributed by atoms with Crippen molar-refractivity contribution >= 4 is 37.9 Å². The van der Waals surface area contributed by atoms with E-state index >= 15 is 0 Å². The Labute approximate surface area is 262 Å². The molecule has 0 aliphatic rings. The minimum Gasteiger partial charge on any atom is -0.455 e. The predicted molar refractivity (Wildman–Crippen MR) is 182 cm³/mol. The molecule has 0 atom stereocenters. The number of hydrogen-bond donors (Lipinski definition) is 0. The van der Waals surface area contributed by atoms with Crippen LogP contribution in [0.4, 0.5) is 0 Å². The molecule has 0 N–H and O–H groups in total. The lowest BCUT2D eigenvalue weighted by Crippen LogP contribution is -2.00. The quantitative estimate of drug-likeness (QED) is 0.190. The van der Waals surface area contributed by atoms with Crippen molar-refractivity contribution in [2.75, 3.05) is 0 Å². The molecule has 0 aliphatic carbocycles. The lowest BCUT2D eigenvalue weighted by atomic mass is 9.98. The Bertz CT molecular complexity index is 2310. The maximum absolute atomic E-state index is 6.36. The molecule has 0 saturated carbocycles. The number of rotatable bonds is 5. The van der Waals surface area contributed by atoms with Gasteiger partial charge in [-0.1, -0.05) is 125 Å². The zero-order valence-corrected chi connectivity index (χ0v) is 25.1. The number of aromatic nitrogens is 3. The van der Waals surface area contributed by atoms with Crippen molar-refractivity contribution in [2.24, 2.45) is 0 Å². The third kappa shape index (κ3) is 4.87. The van der Waals surface area contributed by atoms with Gasteiger partial charge in [-0.05, 0) is 58.7 Å². The fourth-order valence-electron chi connectivity index (χ4n) is 5.65. The normalized spacial score (nSPS) is 11.3. The first-order valence-corrected chi connectivity index (χ1v) is 15.2. The summed E-state index contributed by atoms with van der Waals surface area (Å²) in [5.41, 5.74) is 8.79. The molecule has 0 radical (unpaired) electrons. The molecule has 8 rings (SSSR count). The van der Waals surface area contributed by atoms with Gasteiger partial charge in [-0.25, -0.2) is 15.0 Å². The highest BCUT2D eigenvalue weighted by atomic mass is 79.9. The minimum atomic E-state index is 0.570. The first-order chi connectivity index (χ1) is 21.7. The number of benzene rings is 6. The molecule has 0 unspecified atom stereocenters. The van der Waals surface area contributed by atoms with Crippen LogP contribution >= 0.6 is 15.9 Å². The largest absolute Gasteiger partial charge is 0.455 e. The highest BCUT2D eigenvalue weighted by molar-refractivity contribution is 9.10. The molecule has 208 valence electrons. The third-order valence-electron chi connectivity index (χ3n) is 7.79. The van der Waals surface area contributed by atoms with Gasteiger partial charge in [-0.15, -0.1) is 0 Å². The summed E-state index contributed by atoms with van der Waals surface area (Å²) in [7, 11) is 0. The van der Waals surface area contributed by atoms with Crippen molar-refractivity contribution < 1.29 is 4.42 Å². The number of furan rings is 1. The van der Waals surface area contributed by atoms with Crippen LogP contribution in [0.3, 0.4) is 0 Å². The highest BCUT2D eigenvalue weighted by Gasteiger charge is 2.18. The van der Waals surface area contributed by atoms with Crippen molar-refractivity contribution in [3.63, 3.8) is 0 Å². The summed E-state index contributed by atoms with van der Waals surface area (Å²) >= 11 is 3.60. The summed E-state index contributed by atoms with van der Waals surface area (Å²) < 4.78 is 7.41. The Morgan fingerprint density at radius 2 is 0.932 bits per heavy atom. The molecule has 0 spiro atoms. The number of nitrogens with zero attached hydrogens (tertiary/aromatic N) is 3. The third-order valence-corrected chi connectivity index (χ3v) is 8.28. The number of halogens is 1. The predicted octanol–water partition coefficient (Wildman–Crippen LogP) is 10.9. The van der Waals surface area contributed by atoms with Gasteiger partial charge < -0.3 is 4.42 Å². The molecular formula is C39H24BrN3O. The van der Waals surface area contributed by atoms with Crippen LogP contribution in [-0.4, -0.2) is 15.0 Å². The molecule has 44 heavy (non-hydrogen) atoms. The van der Waals surface area contributed by atoms with Crippen molar-refractivity contribution in [2.45, 2.75) is 0 Å². The fraction of sp³-hybridized carbons (Fsp3) is 0. The Balaban J connectivity index is 1.28. The monoisotopic (exact) mass is 629 g/mol. The first kappa shape index (κ1) is 26.3. The summed E-state index contributed by atoms with van der Waals surface area (Å²) in [5, 5.41) is 2.10. The lowest BCUT2D eigenvalue weighted by molar-refractivity contribution is 0.669. The maximum Gasteiger partial charge on any atom is 0.167 e. The van der Waals surface area contributed by atoms with E-state index < -0.39 is 0 Å². The van der Waals surface area contributed by atoms with Gasteiger partial charge in [0.15, 0.2) is 17.5 Å². The zero-order valence-electron chi connectivity index (χ0n) is 23.5. The molecule has 0 saturated heterocycles. The van der Waals surface area contributed by atoms with Gasteiger partial charge in [-0.3, -0.25) is 0 Å². The molecular weight excluding hydrogens is 606 g/mol. The Morgan fingerprint density at radius 3 is 1.68 bits per heavy atom. The Hall–Kier alpha value is -5.39. The van der Waals surface area contributed by atoms with Gasteiger partial charge in [0.1, 0.15) is 11.2 Å². The summed E-state index contributed by atoms with van der Waals surface area (Å²) in [6.07, 6.45) is 0. The van der Waals surface area contributed by atoms with Crippen LogP contribution in [0.5, 0.6) is 0 Å². The van der Waals surface area contributed by atoms with Crippen LogP contribution in [0, 0.1) is 0 Å². The van der Waals surface area contributed by atoms with Gasteiger partial charge in [-0.2, -0.15) is 0 Å². The van der Waals surface area contributed by atoms with Crippen LogP contribution in [0.25, 0.3) is 78.4 Å². The molecule has 2 aromatic heterocycles. The molecule has 6 aromatic carbocycles. The van der Waals surface area contributed by atoms with E-state index in [1.165, 1.54) is 0 Å². The molecule has 0 bridgehead atoms. The topological polar surface area (TPSA) is 51.8 Å². The van der Waals surface area contributed by atoms with E-state index in [0.717, 1.165) is 65.4 Å². The molecule has 0 amide bonds. The molecule has 8 aromatic rings. The van der Waals surface area contributed by atoms with Gasteiger partial charge in [0.25, 0.3) is 0 Å². The highest BCUT2D eigenvalue weighted by Crippen LogP contribution is 2.36. The Kier molecular flexibility index (Phi) is 6.58. The van der Waals surface area contributed by atoms with E-state index in [1.54, 1.807) is 0 Å². The SMILES string of the molecule is Brc1cccc(-c2cccc(-c3cccc(-c4nc(-c5ccccc5)nc(-c5cccc6c5oc5ccccc56)n4)c3)c2)c1. The number of para-hydroxylation sites is 2. The van der Waals surface area contributed by atoms with E-state index in [4.69, 9.17) is 19.4 Å². The summed E-state index contributed by atoms with van der Waals surface area (Å²) in [6.45, 7) is 0. The van der Waals surface area contributed by atoms with Crippen LogP contribution in [-0.2, 0) is 0 Å². The molecule has 0 aliphatic heterocycles. The first-order valence-electron chi connectivity index (χ1n) is 14.4. The summed E-state index contributed by atoms with van der Waals surface area (Å²) in [4.78, 5) is 15.0. The molecule has 5 heteroatoms. The van der Waals surface area contributed by atoms with Crippen molar-refractivity contribution in [3.8, 4) is 56.4 Å². The van der Waals surface area contributed by atoms with Gasteiger partial charge in [0.2, 0.25) is 0 Å². The average Bonchev–Trinajstić information content (AvgIpc) is 3.48. The zero-order chi connectivity index (χ0) is 29.5. The van der Waals surface area contributed by atoms with E-state index in [1.807, 2.05) is 66.7 Å². The van der Waals surface area contributed by atoms with E-state index in [-0.39, 0.29) is 0 Å². The minimum absolute atomic E-state index is 0.570. The van der Waals surface area contributed by atoms with Crippen LogP contribution in [0.15, 0.2) is 154 Å². The van der Waals surface area contributed by atoms with Crippen molar-refractivity contribution in [1.82, 2.24) is 15.0 Å². The molecule has 2 heterocycles. The second-order valence-electron chi connectivity index (χ2n) is 10.6. The van der Waals surface area contributed by atoms with Crippen molar-refractivity contribution in [1.29, 1.82) is 0 Å². The molecule has 0 fully saturated rings. The second-order valence-corrected chi connectivity index (χ2v) is 11.5. The number of hydrogen-bond acceptors (Lipinski definition) is 4. The Morgan fingerprint density at radius 1 is 0.409 bits per heavy atom. The number of fused-ring (bicyclic) bond motifs is 3. The molecule has 4 nitrogen and oxygen atoms in total. The smallest absolute Gasteiger partial charge is 0.167 e. The average molecular weight is 631 g/mol. The van der Waals surface area contributed by atoms with Crippen LogP contribution < -0.4 is 0 Å². The van der Waals surface area contributed by atoms with Gasteiger partial charge in [0.05, 0.1) is 5.56 Å². The second kappa shape index (κ2) is 11.0. The van der Waals surface area contributed by atoms with Crippen LogP contribution in [0.2, 0.25) is 0 Å². The summed E-state index contributed by atoms with van der Waals surface area (Å²) in [5.74, 6) is 1.79. The maximum atomic E-state index is 6.36. The fourth-order valence-corrected chi connectivity index (χ4v) is 6.05. The van der Waals surface area contributed by atoms with Gasteiger partial charge >= 0.3 is 0 Å². The van der Waals surface area contributed by atoms with E-state index in [2.05, 4.69) is 94.8 Å². The van der Waals surface area contributed by atoms with Gasteiger partial charge in [0, 0.05) is 26.4 Å². The van der Waals surface area contributed by atoms with E-state index in [0.29, 0.717) is 17.5 Å². The van der Waals surface area contributed by atoms with Crippen LogP contribution in [0.1, 0.15) is 0 Å².